The Morgan fingerprint density at radius 3 is 2.56 bits per heavy atom. The molecule has 0 aliphatic rings. The number of halogens is 1. The van der Waals surface area contributed by atoms with Gasteiger partial charge in [-0.3, -0.25) is 4.99 Å². The number of hydrogen-bond acceptors (Lipinski definition) is 6. The fourth-order valence-electron chi connectivity index (χ4n) is 3.04. The second-order valence-corrected chi connectivity index (χ2v) is 8.12. The van der Waals surface area contributed by atoms with E-state index in [4.69, 9.17) is 13.6 Å². The molecule has 32 heavy (non-hydrogen) atoms. The third-order valence-electron chi connectivity index (χ3n) is 4.64. The Morgan fingerprint density at radius 1 is 1.00 bits per heavy atom. The predicted molar refractivity (Wildman–Crippen MR) is 130 cm³/mol. The molecule has 0 atom stereocenters. The summed E-state index contributed by atoms with van der Waals surface area (Å²) in [6, 6.07) is 23.9. The fraction of sp³-hybridized carbons (Fsp3) is 0. The largest absolute Gasteiger partial charge is 0.457 e. The van der Waals surface area contributed by atoms with Crippen LogP contribution in [0.25, 0.3) is 22.6 Å². The van der Waals surface area contributed by atoms with Crippen LogP contribution in [0.5, 0.6) is 5.75 Å². The first-order valence-electron chi connectivity index (χ1n) is 9.70. The number of hydrogen-bond donors (Lipinski definition) is 0. The highest BCUT2D eigenvalue weighted by atomic mass is 127. The molecule has 0 aliphatic carbocycles. The van der Waals surface area contributed by atoms with Crippen LogP contribution < -0.4 is 4.74 Å². The van der Waals surface area contributed by atoms with Crippen LogP contribution in [0.3, 0.4) is 0 Å². The van der Waals surface area contributed by atoms with Gasteiger partial charge < -0.3 is 13.6 Å². The second-order valence-electron chi connectivity index (χ2n) is 6.87. The van der Waals surface area contributed by atoms with E-state index in [2.05, 4.69) is 32.6 Å². The number of fused-ring (bicyclic) bond motifs is 1. The van der Waals surface area contributed by atoms with Gasteiger partial charge >= 0.3 is 5.97 Å². The number of furan rings is 1. The van der Waals surface area contributed by atoms with Crippen molar-refractivity contribution in [3.63, 3.8) is 0 Å². The van der Waals surface area contributed by atoms with Crippen LogP contribution in [0, 0.1) is 3.57 Å². The molecule has 0 unspecified atom stereocenters. The van der Waals surface area contributed by atoms with Crippen LogP contribution in [0.2, 0.25) is 0 Å². The molecule has 2 heterocycles. The lowest BCUT2D eigenvalue weighted by atomic mass is 10.2. The Labute approximate surface area is 196 Å². The van der Waals surface area contributed by atoms with Gasteiger partial charge in [0.15, 0.2) is 5.58 Å². The number of carbonyl (C=O) groups excluding carboxylic acids is 1. The highest BCUT2D eigenvalue weighted by Gasteiger charge is 2.11. The van der Waals surface area contributed by atoms with Crippen molar-refractivity contribution in [3.05, 3.63) is 100 Å². The van der Waals surface area contributed by atoms with Crippen molar-refractivity contribution >= 4 is 51.6 Å². The van der Waals surface area contributed by atoms with E-state index in [1.165, 1.54) is 6.26 Å². The summed E-state index contributed by atoms with van der Waals surface area (Å²) in [5.41, 5.74) is 4.00. The average molecular weight is 534 g/mol. The van der Waals surface area contributed by atoms with Gasteiger partial charge in [0.2, 0.25) is 11.7 Å². The molecule has 0 aliphatic heterocycles. The van der Waals surface area contributed by atoms with Gasteiger partial charge in [-0.2, -0.15) is 0 Å². The molecule has 5 rings (SSSR count). The van der Waals surface area contributed by atoms with Gasteiger partial charge in [-0.15, -0.1) is 0 Å². The Kier molecular flexibility index (Phi) is 5.55. The minimum absolute atomic E-state index is 0.157. The van der Waals surface area contributed by atoms with Crippen molar-refractivity contribution in [1.29, 1.82) is 0 Å². The zero-order chi connectivity index (χ0) is 21.9. The van der Waals surface area contributed by atoms with E-state index >= 15 is 0 Å². The summed E-state index contributed by atoms with van der Waals surface area (Å²) in [7, 11) is 0. The van der Waals surface area contributed by atoms with Gasteiger partial charge in [0.25, 0.3) is 0 Å². The highest BCUT2D eigenvalue weighted by molar-refractivity contribution is 14.1. The normalized spacial score (nSPS) is 11.3. The van der Waals surface area contributed by atoms with E-state index in [1.807, 2.05) is 54.6 Å². The van der Waals surface area contributed by atoms with Crippen LogP contribution in [-0.4, -0.2) is 17.2 Å². The van der Waals surface area contributed by atoms with E-state index < -0.39 is 5.97 Å². The molecule has 5 aromatic rings. The molecule has 0 fully saturated rings. The number of esters is 1. The molecule has 156 valence electrons. The van der Waals surface area contributed by atoms with Crippen LogP contribution in [0.4, 0.5) is 5.69 Å². The Bertz CT molecular complexity index is 1400. The first-order chi connectivity index (χ1) is 15.6. The summed E-state index contributed by atoms with van der Waals surface area (Å²) < 4.78 is 17.3. The Balaban J connectivity index is 1.30. The standard InChI is InChI=1S/C25H15IN2O4/c26-18-7-5-17(6-8-18)24-28-21-14-19(9-12-22(21)32-24)27-15-16-3-10-20(11-4-16)31-25(29)23-2-1-13-30-23/h1-15H. The van der Waals surface area contributed by atoms with E-state index in [-0.39, 0.29) is 5.76 Å². The number of benzene rings is 3. The number of aliphatic imine (C=N–C) groups is 1. The summed E-state index contributed by atoms with van der Waals surface area (Å²) in [4.78, 5) is 21.0. The summed E-state index contributed by atoms with van der Waals surface area (Å²) in [5.74, 6) is 0.624. The molecule has 0 bridgehead atoms. The minimum Gasteiger partial charge on any atom is -0.457 e. The Hall–Kier alpha value is -3.72. The maximum absolute atomic E-state index is 11.9. The lowest BCUT2D eigenvalue weighted by Gasteiger charge is -2.02. The summed E-state index contributed by atoms with van der Waals surface area (Å²) in [5, 5.41) is 0. The number of ether oxygens (including phenoxy) is 1. The third kappa shape index (κ3) is 4.47. The number of carbonyl (C=O) groups is 1. The minimum atomic E-state index is -0.540. The van der Waals surface area contributed by atoms with Crippen LogP contribution in [0.1, 0.15) is 16.1 Å². The molecule has 2 aromatic heterocycles. The molecule has 3 aromatic carbocycles. The molecule has 0 amide bonds. The maximum Gasteiger partial charge on any atom is 0.379 e. The van der Waals surface area contributed by atoms with Gasteiger partial charge in [-0.25, -0.2) is 9.78 Å². The Morgan fingerprint density at radius 2 is 1.81 bits per heavy atom. The summed E-state index contributed by atoms with van der Waals surface area (Å²) in [6.45, 7) is 0. The molecule has 0 saturated heterocycles. The number of rotatable bonds is 5. The van der Waals surface area contributed by atoms with Gasteiger partial charge in [-0.05, 0) is 107 Å². The van der Waals surface area contributed by atoms with Crippen molar-refractivity contribution in [2.75, 3.05) is 0 Å². The highest BCUT2D eigenvalue weighted by Crippen LogP contribution is 2.27. The zero-order valence-corrected chi connectivity index (χ0v) is 18.7. The van der Waals surface area contributed by atoms with Crippen molar-refractivity contribution in [1.82, 2.24) is 4.98 Å². The number of nitrogens with zero attached hydrogens (tertiary/aromatic N) is 2. The van der Waals surface area contributed by atoms with Crippen LogP contribution in [-0.2, 0) is 0 Å². The molecule has 6 nitrogen and oxygen atoms in total. The average Bonchev–Trinajstić information content (AvgIpc) is 3.49. The molecule has 0 saturated carbocycles. The predicted octanol–water partition coefficient (Wildman–Crippen LogP) is 6.66. The van der Waals surface area contributed by atoms with Gasteiger partial charge in [0.1, 0.15) is 11.3 Å². The quantitative estimate of drug-likeness (QED) is 0.109. The van der Waals surface area contributed by atoms with Gasteiger partial charge in [0.05, 0.1) is 12.0 Å². The molecular formula is C25H15IN2O4. The zero-order valence-electron chi connectivity index (χ0n) is 16.6. The summed E-state index contributed by atoms with van der Waals surface area (Å²) in [6.07, 6.45) is 3.16. The topological polar surface area (TPSA) is 77.8 Å². The van der Waals surface area contributed by atoms with E-state index in [0.717, 1.165) is 25.9 Å². The van der Waals surface area contributed by atoms with Gasteiger partial charge in [-0.1, -0.05) is 0 Å². The first kappa shape index (κ1) is 20.2. The van der Waals surface area contributed by atoms with Crippen LogP contribution >= 0.6 is 22.6 Å². The first-order valence-corrected chi connectivity index (χ1v) is 10.8. The lowest BCUT2D eigenvalue weighted by Crippen LogP contribution is -2.06. The van der Waals surface area contributed by atoms with Crippen molar-refractivity contribution in [3.8, 4) is 17.2 Å². The van der Waals surface area contributed by atoms with Crippen molar-refractivity contribution in [2.24, 2.45) is 4.99 Å². The molecule has 0 radical (unpaired) electrons. The number of oxazole rings is 1. The molecule has 0 spiro atoms. The second kappa shape index (κ2) is 8.80. The summed E-state index contributed by atoms with van der Waals surface area (Å²) >= 11 is 2.26. The van der Waals surface area contributed by atoms with Crippen molar-refractivity contribution < 1.29 is 18.4 Å². The molecular weight excluding hydrogens is 519 g/mol. The van der Waals surface area contributed by atoms with E-state index in [1.54, 1.807) is 30.5 Å². The SMILES string of the molecule is O=C(Oc1ccc(C=Nc2ccc3oc(-c4ccc(I)cc4)nc3c2)cc1)c1ccco1. The maximum atomic E-state index is 11.9. The smallest absolute Gasteiger partial charge is 0.379 e. The van der Waals surface area contributed by atoms with Gasteiger partial charge in [0, 0.05) is 15.3 Å². The number of aromatic nitrogens is 1. The fourth-order valence-corrected chi connectivity index (χ4v) is 3.39. The van der Waals surface area contributed by atoms with E-state index in [9.17, 15) is 4.79 Å². The van der Waals surface area contributed by atoms with Crippen molar-refractivity contribution in [2.45, 2.75) is 0 Å². The molecule has 0 N–H and O–H groups in total. The lowest BCUT2D eigenvalue weighted by molar-refractivity contribution is 0.0701. The molecule has 7 heteroatoms. The third-order valence-corrected chi connectivity index (χ3v) is 5.36. The van der Waals surface area contributed by atoms with Crippen LogP contribution in [0.15, 0.2) is 99.0 Å². The van der Waals surface area contributed by atoms with E-state index in [0.29, 0.717) is 17.2 Å². The monoisotopic (exact) mass is 534 g/mol.